The Bertz CT molecular complexity index is 1110. The third-order valence-corrected chi connectivity index (χ3v) is 5.20. The van der Waals surface area contributed by atoms with E-state index in [1.807, 2.05) is 50.2 Å². The van der Waals surface area contributed by atoms with Gasteiger partial charge in [-0.25, -0.2) is 0 Å². The number of aryl methyl sites for hydroxylation is 1. The third-order valence-electron chi connectivity index (χ3n) is 5.20. The fraction of sp³-hybridized carbons (Fsp3) is 0.192. The Morgan fingerprint density at radius 3 is 2.19 bits per heavy atom. The topological polar surface area (TPSA) is 75.7 Å². The Balaban J connectivity index is 1.50. The molecule has 3 aromatic carbocycles. The van der Waals surface area contributed by atoms with Gasteiger partial charge in [0.2, 0.25) is 5.91 Å². The molecule has 0 saturated carbocycles. The minimum absolute atomic E-state index is 0.0807. The molecule has 0 aliphatic heterocycles. The molecule has 0 aliphatic carbocycles. The van der Waals surface area contributed by atoms with Crippen molar-refractivity contribution in [3.63, 3.8) is 0 Å². The van der Waals surface area contributed by atoms with E-state index in [4.69, 9.17) is 4.74 Å². The van der Waals surface area contributed by atoms with Crippen molar-refractivity contribution < 1.29 is 19.1 Å². The van der Waals surface area contributed by atoms with Gasteiger partial charge in [0.05, 0.1) is 6.54 Å². The lowest BCUT2D eigenvalue weighted by Gasteiger charge is -2.18. The summed E-state index contributed by atoms with van der Waals surface area (Å²) in [5.74, 6) is -0.220. The highest BCUT2D eigenvalue weighted by Crippen LogP contribution is 2.18. The first-order valence-corrected chi connectivity index (χ1v) is 10.3. The lowest BCUT2D eigenvalue weighted by molar-refractivity contribution is -0.135. The molecular formula is C26H26N2O4. The number of carbonyl (C=O) groups is 3. The predicted octanol–water partition coefficient (Wildman–Crippen LogP) is 4.01. The van der Waals surface area contributed by atoms with Gasteiger partial charge in [0.25, 0.3) is 5.91 Å². The quantitative estimate of drug-likeness (QED) is 0.548. The minimum Gasteiger partial charge on any atom is -0.484 e. The van der Waals surface area contributed by atoms with E-state index in [1.165, 1.54) is 4.90 Å². The number of amides is 2. The summed E-state index contributed by atoms with van der Waals surface area (Å²) in [5.41, 5.74) is 3.95. The van der Waals surface area contributed by atoms with Crippen molar-refractivity contribution in [2.24, 2.45) is 0 Å². The molecule has 3 rings (SSSR count). The van der Waals surface area contributed by atoms with Crippen molar-refractivity contribution in [1.29, 1.82) is 0 Å². The molecule has 0 saturated heterocycles. The number of anilines is 1. The van der Waals surface area contributed by atoms with Crippen LogP contribution in [0.3, 0.4) is 0 Å². The van der Waals surface area contributed by atoms with Crippen LogP contribution in [0.4, 0.5) is 5.69 Å². The van der Waals surface area contributed by atoms with Gasteiger partial charge in [0.1, 0.15) is 5.75 Å². The van der Waals surface area contributed by atoms with E-state index in [-0.39, 0.29) is 30.7 Å². The molecular weight excluding hydrogens is 404 g/mol. The van der Waals surface area contributed by atoms with E-state index < -0.39 is 0 Å². The van der Waals surface area contributed by atoms with Crippen molar-refractivity contribution in [2.75, 3.05) is 25.5 Å². The summed E-state index contributed by atoms with van der Waals surface area (Å²) in [5, 5.41) is 2.84. The van der Waals surface area contributed by atoms with E-state index in [9.17, 15) is 14.4 Å². The van der Waals surface area contributed by atoms with Gasteiger partial charge in [-0.05, 0) is 55.3 Å². The average Bonchev–Trinajstić information content (AvgIpc) is 2.80. The zero-order chi connectivity index (χ0) is 23.1. The SMILES string of the molecule is Cc1cccc(NC(=O)CN(C)C(=O)COc2ccc(C(=O)c3ccccc3)cc2)c1C. The maximum Gasteiger partial charge on any atom is 0.260 e. The summed E-state index contributed by atoms with van der Waals surface area (Å²) in [6, 6.07) is 21.3. The first-order valence-electron chi connectivity index (χ1n) is 10.3. The Labute approximate surface area is 187 Å². The fourth-order valence-electron chi connectivity index (χ4n) is 3.09. The molecule has 6 nitrogen and oxygen atoms in total. The van der Waals surface area contributed by atoms with Crippen LogP contribution in [0, 0.1) is 13.8 Å². The van der Waals surface area contributed by atoms with Crippen LogP contribution in [0.25, 0.3) is 0 Å². The highest BCUT2D eigenvalue weighted by molar-refractivity contribution is 6.09. The average molecular weight is 431 g/mol. The summed E-state index contributed by atoms with van der Waals surface area (Å²) >= 11 is 0. The van der Waals surface area contributed by atoms with Crippen molar-refractivity contribution in [2.45, 2.75) is 13.8 Å². The number of rotatable bonds is 8. The van der Waals surface area contributed by atoms with Gasteiger partial charge >= 0.3 is 0 Å². The normalized spacial score (nSPS) is 10.3. The first kappa shape index (κ1) is 22.7. The molecule has 0 atom stereocenters. The Hall–Kier alpha value is -3.93. The van der Waals surface area contributed by atoms with Gasteiger partial charge in [-0.15, -0.1) is 0 Å². The van der Waals surface area contributed by atoms with Gasteiger partial charge in [0, 0.05) is 23.9 Å². The lowest BCUT2D eigenvalue weighted by atomic mass is 10.0. The van der Waals surface area contributed by atoms with Gasteiger partial charge < -0.3 is 15.0 Å². The molecule has 0 spiro atoms. The molecule has 0 aliphatic rings. The second-order valence-corrected chi connectivity index (χ2v) is 7.55. The van der Waals surface area contributed by atoms with Crippen molar-refractivity contribution >= 4 is 23.3 Å². The summed E-state index contributed by atoms with van der Waals surface area (Å²) in [7, 11) is 1.55. The third kappa shape index (κ3) is 5.82. The molecule has 0 unspecified atom stereocenters. The van der Waals surface area contributed by atoms with Crippen molar-refractivity contribution in [1.82, 2.24) is 4.90 Å². The van der Waals surface area contributed by atoms with Crippen LogP contribution in [0.1, 0.15) is 27.0 Å². The summed E-state index contributed by atoms with van der Waals surface area (Å²) < 4.78 is 5.53. The van der Waals surface area contributed by atoms with Crippen molar-refractivity contribution in [3.8, 4) is 5.75 Å². The number of likely N-dealkylation sites (N-methyl/N-ethyl adjacent to an activating group) is 1. The maximum absolute atomic E-state index is 12.4. The number of benzene rings is 3. The smallest absolute Gasteiger partial charge is 0.260 e. The monoisotopic (exact) mass is 430 g/mol. The maximum atomic E-state index is 12.4. The molecule has 3 aromatic rings. The first-order chi connectivity index (χ1) is 15.3. The summed E-state index contributed by atoms with van der Waals surface area (Å²) in [6.07, 6.45) is 0. The van der Waals surface area contributed by atoms with E-state index in [1.54, 1.807) is 43.4 Å². The van der Waals surface area contributed by atoms with Crippen LogP contribution in [-0.2, 0) is 9.59 Å². The molecule has 1 N–H and O–H groups in total. The molecule has 6 heteroatoms. The number of nitrogens with zero attached hydrogens (tertiary/aromatic N) is 1. The number of ketones is 1. The Morgan fingerprint density at radius 1 is 0.844 bits per heavy atom. The van der Waals surface area contributed by atoms with Crippen LogP contribution in [0.2, 0.25) is 0 Å². The number of hydrogen-bond donors (Lipinski definition) is 1. The second-order valence-electron chi connectivity index (χ2n) is 7.55. The lowest BCUT2D eigenvalue weighted by Crippen LogP contribution is -2.37. The number of ether oxygens (including phenoxy) is 1. The van der Waals surface area contributed by atoms with E-state index in [0.29, 0.717) is 16.9 Å². The zero-order valence-corrected chi connectivity index (χ0v) is 18.4. The molecule has 0 fully saturated rings. The molecule has 0 bridgehead atoms. The molecule has 32 heavy (non-hydrogen) atoms. The summed E-state index contributed by atoms with van der Waals surface area (Å²) in [4.78, 5) is 38.4. The van der Waals surface area contributed by atoms with Crippen LogP contribution in [0.5, 0.6) is 5.75 Å². The fourth-order valence-corrected chi connectivity index (χ4v) is 3.09. The molecule has 0 radical (unpaired) electrons. The molecule has 2 amide bonds. The van der Waals surface area contributed by atoms with Crippen molar-refractivity contribution in [3.05, 3.63) is 95.1 Å². The van der Waals surface area contributed by atoms with Crippen LogP contribution < -0.4 is 10.1 Å². The van der Waals surface area contributed by atoms with Gasteiger partial charge in [-0.2, -0.15) is 0 Å². The van der Waals surface area contributed by atoms with Crippen LogP contribution >= 0.6 is 0 Å². The van der Waals surface area contributed by atoms with Crippen LogP contribution in [-0.4, -0.2) is 42.7 Å². The largest absolute Gasteiger partial charge is 0.484 e. The Morgan fingerprint density at radius 2 is 1.50 bits per heavy atom. The predicted molar refractivity (Wildman–Crippen MR) is 124 cm³/mol. The van der Waals surface area contributed by atoms with E-state index in [0.717, 1.165) is 16.8 Å². The van der Waals surface area contributed by atoms with Crippen LogP contribution in [0.15, 0.2) is 72.8 Å². The highest BCUT2D eigenvalue weighted by Gasteiger charge is 2.15. The van der Waals surface area contributed by atoms with E-state index in [2.05, 4.69) is 5.32 Å². The highest BCUT2D eigenvalue weighted by atomic mass is 16.5. The van der Waals surface area contributed by atoms with Gasteiger partial charge in [-0.3, -0.25) is 14.4 Å². The van der Waals surface area contributed by atoms with Gasteiger partial charge in [0.15, 0.2) is 12.4 Å². The van der Waals surface area contributed by atoms with Gasteiger partial charge in [-0.1, -0.05) is 42.5 Å². The molecule has 0 heterocycles. The zero-order valence-electron chi connectivity index (χ0n) is 18.4. The van der Waals surface area contributed by atoms with E-state index >= 15 is 0 Å². The second kappa shape index (κ2) is 10.4. The number of carbonyl (C=O) groups excluding carboxylic acids is 3. The standard InChI is InChI=1S/C26H26N2O4/c1-18-8-7-11-23(19(18)2)27-24(29)16-28(3)25(30)17-32-22-14-12-21(13-15-22)26(31)20-9-5-4-6-10-20/h4-15H,16-17H2,1-3H3,(H,27,29). The summed E-state index contributed by atoms with van der Waals surface area (Å²) in [6.45, 7) is 3.62. The number of nitrogens with one attached hydrogen (secondary N) is 1. The number of hydrogen-bond acceptors (Lipinski definition) is 4. The minimum atomic E-state index is -0.328. The Kier molecular flexibility index (Phi) is 7.39. The molecule has 0 aromatic heterocycles. The molecule has 164 valence electrons.